The fourth-order valence-corrected chi connectivity index (χ4v) is 1.72. The van der Waals surface area contributed by atoms with Crippen LogP contribution < -0.4 is 0 Å². The largest absolute Gasteiger partial charge is 0.482 e. The second-order valence-electron chi connectivity index (χ2n) is 3.37. The molecule has 0 unspecified atom stereocenters. The first-order chi connectivity index (χ1) is 7.79. The highest BCUT2D eigenvalue weighted by atomic mass is 16.6. The molecule has 3 rings (SSSR count). The number of hydrogen-bond acceptors (Lipinski definition) is 6. The fourth-order valence-electron chi connectivity index (χ4n) is 1.72. The van der Waals surface area contributed by atoms with Gasteiger partial charge in [-0.25, -0.2) is 0 Å². The van der Waals surface area contributed by atoms with Crippen LogP contribution in [0.2, 0.25) is 0 Å². The van der Waals surface area contributed by atoms with Gasteiger partial charge in [0.15, 0.2) is 0 Å². The van der Waals surface area contributed by atoms with Crippen molar-refractivity contribution >= 4 is 11.6 Å². The van der Waals surface area contributed by atoms with E-state index in [0.717, 1.165) is 0 Å². The van der Waals surface area contributed by atoms with Crippen LogP contribution >= 0.6 is 0 Å². The molecule has 0 radical (unpaired) electrons. The van der Waals surface area contributed by atoms with Gasteiger partial charge in [0.05, 0.1) is 0 Å². The summed E-state index contributed by atoms with van der Waals surface area (Å²) in [4.78, 5) is 23.7. The molecule has 1 aliphatic carbocycles. The predicted octanol–water partition coefficient (Wildman–Crippen LogP) is -0.345. The topological polar surface area (TPSA) is 71.1 Å². The van der Waals surface area contributed by atoms with E-state index in [1.165, 1.54) is 0 Å². The highest BCUT2D eigenvalue weighted by Crippen LogP contribution is 2.31. The van der Waals surface area contributed by atoms with Crippen LogP contribution in [0.25, 0.3) is 0 Å². The molecule has 0 aromatic heterocycles. The van der Waals surface area contributed by atoms with E-state index in [1.807, 2.05) is 0 Å². The molecule has 6 nitrogen and oxygen atoms in total. The molecule has 3 aliphatic rings. The maximum atomic E-state index is 11.9. The molecule has 6 heteroatoms. The Balaban J connectivity index is 2.08. The molecule has 2 aliphatic heterocycles. The summed E-state index contributed by atoms with van der Waals surface area (Å²) in [6.45, 7) is 1.01. The average Bonchev–Trinajstić information content (AvgIpc) is 2.36. The van der Waals surface area contributed by atoms with Crippen LogP contribution in [0.3, 0.4) is 0 Å². The third-order valence-electron chi connectivity index (χ3n) is 2.39. The van der Waals surface area contributed by atoms with E-state index in [0.29, 0.717) is 0 Å². The van der Waals surface area contributed by atoms with Crippen molar-refractivity contribution in [3.05, 3.63) is 23.0 Å². The Hall–Kier alpha value is -1.98. The summed E-state index contributed by atoms with van der Waals surface area (Å²) in [6, 6.07) is 0. The predicted molar refractivity (Wildman–Crippen MR) is 47.9 cm³/mol. The molecular weight excluding hydrogens is 216 g/mol. The number of rotatable bonds is 0. The van der Waals surface area contributed by atoms with Crippen LogP contribution in [-0.4, -0.2) is 38.0 Å². The first-order valence-electron chi connectivity index (χ1n) is 4.88. The number of carbonyl (C=O) groups excluding carboxylic acids is 2. The lowest BCUT2D eigenvalue weighted by molar-refractivity contribution is -0.132. The van der Waals surface area contributed by atoms with E-state index >= 15 is 0 Å². The third kappa shape index (κ3) is 1.13. The minimum atomic E-state index is -0.482. The molecule has 0 spiro atoms. The highest BCUT2D eigenvalue weighted by Gasteiger charge is 2.42. The molecule has 0 amide bonds. The van der Waals surface area contributed by atoms with Gasteiger partial charge in [0, 0.05) is 0 Å². The second kappa shape index (κ2) is 3.26. The lowest BCUT2D eigenvalue weighted by Gasteiger charge is -2.28. The number of Topliss-reactive ketones (excluding diaryl/α,β-unsaturated/α-hetero) is 2. The average molecular weight is 224 g/mol. The van der Waals surface area contributed by atoms with Gasteiger partial charge in [0.2, 0.25) is 23.0 Å². The van der Waals surface area contributed by atoms with Gasteiger partial charge in [-0.2, -0.15) is 0 Å². The number of ether oxygens (including phenoxy) is 4. The molecule has 0 N–H and O–H groups in total. The standard InChI is InChI=1S/C10H8O6/c11-5-7-8(14-2-1-13-7)6(12)10-9(5)15-3-4-16-10/h1-4H2. The van der Waals surface area contributed by atoms with Gasteiger partial charge in [-0.3, -0.25) is 9.59 Å². The van der Waals surface area contributed by atoms with E-state index in [-0.39, 0.29) is 49.5 Å². The van der Waals surface area contributed by atoms with Gasteiger partial charge in [-0.1, -0.05) is 0 Å². The van der Waals surface area contributed by atoms with E-state index in [2.05, 4.69) is 0 Å². The third-order valence-corrected chi connectivity index (χ3v) is 2.39. The van der Waals surface area contributed by atoms with Gasteiger partial charge in [-0.05, 0) is 0 Å². The summed E-state index contributed by atoms with van der Waals surface area (Å²) in [6.07, 6.45) is 0. The van der Waals surface area contributed by atoms with E-state index < -0.39 is 11.6 Å². The van der Waals surface area contributed by atoms with Gasteiger partial charge >= 0.3 is 0 Å². The molecule has 0 bridgehead atoms. The summed E-state index contributed by atoms with van der Waals surface area (Å²) < 4.78 is 20.5. The van der Waals surface area contributed by atoms with Crippen LogP contribution in [0.1, 0.15) is 0 Å². The van der Waals surface area contributed by atoms with Crippen molar-refractivity contribution < 1.29 is 28.5 Å². The monoisotopic (exact) mass is 224 g/mol. The zero-order valence-electron chi connectivity index (χ0n) is 8.28. The summed E-state index contributed by atoms with van der Waals surface area (Å²) in [7, 11) is 0. The molecule has 0 atom stereocenters. The van der Waals surface area contributed by atoms with Gasteiger partial charge in [0.25, 0.3) is 11.6 Å². The van der Waals surface area contributed by atoms with E-state index in [1.54, 1.807) is 0 Å². The Labute approximate surface area is 90.4 Å². The summed E-state index contributed by atoms with van der Waals surface area (Å²) in [5.41, 5.74) is 0. The number of carbonyl (C=O) groups is 2. The SMILES string of the molecule is O=C1C2=C(OCCO2)C(=O)C2=C1OCCO2. The van der Waals surface area contributed by atoms with Gasteiger partial charge < -0.3 is 18.9 Å². The Morgan fingerprint density at radius 2 is 0.812 bits per heavy atom. The molecule has 0 saturated carbocycles. The molecular formula is C10H8O6. The van der Waals surface area contributed by atoms with Crippen molar-refractivity contribution in [3.8, 4) is 0 Å². The van der Waals surface area contributed by atoms with Crippen LogP contribution in [0.15, 0.2) is 23.0 Å². The van der Waals surface area contributed by atoms with E-state index in [9.17, 15) is 9.59 Å². The van der Waals surface area contributed by atoms with Gasteiger partial charge in [-0.15, -0.1) is 0 Å². The quantitative estimate of drug-likeness (QED) is 0.524. The lowest BCUT2D eigenvalue weighted by Crippen LogP contribution is -2.35. The van der Waals surface area contributed by atoms with Crippen LogP contribution in [0.5, 0.6) is 0 Å². The molecule has 0 saturated heterocycles. The van der Waals surface area contributed by atoms with Crippen molar-refractivity contribution in [2.75, 3.05) is 26.4 Å². The summed E-state index contributed by atoms with van der Waals surface area (Å²) in [5, 5.41) is 0. The first-order valence-corrected chi connectivity index (χ1v) is 4.88. The highest BCUT2D eigenvalue weighted by molar-refractivity contribution is 6.22. The van der Waals surface area contributed by atoms with Crippen LogP contribution in [0, 0.1) is 0 Å². The first kappa shape index (κ1) is 9.26. The lowest BCUT2D eigenvalue weighted by atomic mass is 10.0. The van der Waals surface area contributed by atoms with Gasteiger partial charge in [0.1, 0.15) is 26.4 Å². The van der Waals surface area contributed by atoms with Crippen molar-refractivity contribution in [2.24, 2.45) is 0 Å². The Bertz CT molecular complexity index is 366. The van der Waals surface area contributed by atoms with E-state index in [4.69, 9.17) is 18.9 Å². The Morgan fingerprint density at radius 3 is 1.06 bits per heavy atom. The van der Waals surface area contributed by atoms with Crippen LogP contribution in [-0.2, 0) is 28.5 Å². The number of ketones is 2. The Morgan fingerprint density at radius 1 is 0.562 bits per heavy atom. The summed E-state index contributed by atoms with van der Waals surface area (Å²) in [5.74, 6) is -1.24. The van der Waals surface area contributed by atoms with Crippen LogP contribution in [0.4, 0.5) is 0 Å². The minimum absolute atomic E-state index is 0.0690. The second-order valence-corrected chi connectivity index (χ2v) is 3.37. The smallest absolute Gasteiger partial charge is 0.270 e. The molecule has 0 aromatic rings. The molecule has 84 valence electrons. The van der Waals surface area contributed by atoms with Crippen molar-refractivity contribution in [2.45, 2.75) is 0 Å². The zero-order chi connectivity index (χ0) is 11.1. The van der Waals surface area contributed by atoms with Crippen molar-refractivity contribution in [1.82, 2.24) is 0 Å². The molecule has 0 fully saturated rings. The van der Waals surface area contributed by atoms with Crippen molar-refractivity contribution in [3.63, 3.8) is 0 Å². The summed E-state index contributed by atoms with van der Waals surface area (Å²) >= 11 is 0. The molecule has 16 heavy (non-hydrogen) atoms. The Kier molecular flexibility index (Phi) is 1.89. The van der Waals surface area contributed by atoms with Crippen molar-refractivity contribution in [1.29, 1.82) is 0 Å². The molecule has 2 heterocycles. The number of hydrogen-bond donors (Lipinski definition) is 0. The zero-order valence-corrected chi connectivity index (χ0v) is 8.28. The maximum absolute atomic E-state index is 11.9. The molecule has 0 aromatic carbocycles. The maximum Gasteiger partial charge on any atom is 0.270 e. The minimum Gasteiger partial charge on any atom is -0.482 e. The fraction of sp³-hybridized carbons (Fsp3) is 0.400. The normalized spacial score (nSPS) is 23.8.